The van der Waals surface area contributed by atoms with Gasteiger partial charge in [-0.25, -0.2) is 4.39 Å². The van der Waals surface area contributed by atoms with E-state index in [0.717, 1.165) is 16.3 Å². The maximum atomic E-state index is 14.4. The van der Waals surface area contributed by atoms with Crippen molar-refractivity contribution in [3.8, 4) is 0 Å². The van der Waals surface area contributed by atoms with Crippen molar-refractivity contribution < 1.29 is 18.9 Å². The van der Waals surface area contributed by atoms with E-state index in [1.54, 1.807) is 18.5 Å². The van der Waals surface area contributed by atoms with Crippen LogP contribution < -0.4 is 11.2 Å². The molecule has 1 atom stereocenters. The molecule has 1 aliphatic heterocycles. The summed E-state index contributed by atoms with van der Waals surface area (Å²) in [4.78, 5) is 16.9. The van der Waals surface area contributed by atoms with Crippen molar-refractivity contribution in [1.29, 1.82) is 0 Å². The number of carbonyl (C=O) groups excluding carboxylic acids is 1. The highest BCUT2D eigenvalue weighted by Crippen LogP contribution is 2.24. The second kappa shape index (κ2) is 7.19. The van der Waals surface area contributed by atoms with Gasteiger partial charge in [0.1, 0.15) is 11.6 Å². The number of ketones is 1. The molecule has 0 bridgehead atoms. The van der Waals surface area contributed by atoms with E-state index in [0.29, 0.717) is 11.1 Å². The standard InChI is InChI=1S/C20H18BFN2O3/c22-18-8-15(7-16-11-27-21(26)20(16)18)17(9-23)19(25)6-12-1-2-14-10-24-4-3-13(14)5-12/h1-5,7-8,10,17,26H,6,9,11,23H2. The second-order valence-corrected chi connectivity index (χ2v) is 6.73. The fraction of sp³-hybridized carbons (Fsp3) is 0.200. The van der Waals surface area contributed by atoms with Gasteiger partial charge in [-0.2, -0.15) is 0 Å². The molecule has 27 heavy (non-hydrogen) atoms. The van der Waals surface area contributed by atoms with Crippen molar-refractivity contribution in [3.63, 3.8) is 0 Å². The molecule has 136 valence electrons. The molecule has 1 unspecified atom stereocenters. The number of benzene rings is 2. The lowest BCUT2D eigenvalue weighted by Crippen LogP contribution is -2.32. The minimum absolute atomic E-state index is 0.0790. The van der Waals surface area contributed by atoms with Crippen molar-refractivity contribution in [2.75, 3.05) is 6.54 Å². The molecular formula is C20H18BFN2O3. The molecule has 0 aliphatic carbocycles. The van der Waals surface area contributed by atoms with Gasteiger partial charge in [0.2, 0.25) is 0 Å². The topological polar surface area (TPSA) is 85.4 Å². The first-order chi connectivity index (χ1) is 13.1. The van der Waals surface area contributed by atoms with Crippen LogP contribution in [0, 0.1) is 5.82 Å². The van der Waals surface area contributed by atoms with E-state index in [-0.39, 0.29) is 30.8 Å². The van der Waals surface area contributed by atoms with Gasteiger partial charge in [-0.05, 0) is 34.2 Å². The van der Waals surface area contributed by atoms with Crippen molar-refractivity contribution in [1.82, 2.24) is 4.98 Å². The van der Waals surface area contributed by atoms with Gasteiger partial charge in [0.15, 0.2) is 0 Å². The highest BCUT2D eigenvalue weighted by Gasteiger charge is 2.32. The Balaban J connectivity index is 1.60. The molecule has 0 saturated heterocycles. The summed E-state index contributed by atoms with van der Waals surface area (Å²) in [6.07, 6.45) is 3.69. The van der Waals surface area contributed by atoms with Gasteiger partial charge in [-0.1, -0.05) is 24.3 Å². The maximum absolute atomic E-state index is 14.4. The van der Waals surface area contributed by atoms with E-state index in [1.807, 2.05) is 24.3 Å². The lowest BCUT2D eigenvalue weighted by atomic mass is 9.77. The normalized spacial score (nSPS) is 14.4. The predicted molar refractivity (Wildman–Crippen MR) is 101 cm³/mol. The molecule has 3 aromatic rings. The molecule has 1 aromatic heterocycles. The minimum Gasteiger partial charge on any atom is -0.423 e. The molecule has 3 N–H and O–H groups in total. The van der Waals surface area contributed by atoms with E-state index in [4.69, 9.17) is 10.4 Å². The van der Waals surface area contributed by atoms with Crippen LogP contribution in [0.2, 0.25) is 0 Å². The Labute approximate surface area is 156 Å². The lowest BCUT2D eigenvalue weighted by Gasteiger charge is -2.16. The molecule has 0 spiro atoms. The summed E-state index contributed by atoms with van der Waals surface area (Å²) < 4.78 is 19.4. The third kappa shape index (κ3) is 3.37. The number of pyridine rings is 1. The molecule has 0 saturated carbocycles. The third-order valence-electron chi connectivity index (χ3n) is 4.99. The van der Waals surface area contributed by atoms with Gasteiger partial charge in [-0.3, -0.25) is 9.78 Å². The number of aromatic nitrogens is 1. The van der Waals surface area contributed by atoms with Gasteiger partial charge in [0.05, 0.1) is 12.5 Å². The number of nitrogens with two attached hydrogens (primary N) is 1. The summed E-state index contributed by atoms with van der Waals surface area (Å²) in [6.45, 7) is 0.198. The van der Waals surface area contributed by atoms with Crippen LogP contribution in [0.4, 0.5) is 4.39 Å². The van der Waals surface area contributed by atoms with E-state index in [2.05, 4.69) is 4.98 Å². The Morgan fingerprint density at radius 3 is 2.96 bits per heavy atom. The van der Waals surface area contributed by atoms with Crippen LogP contribution in [-0.4, -0.2) is 29.5 Å². The van der Waals surface area contributed by atoms with E-state index in [1.165, 1.54) is 6.07 Å². The van der Waals surface area contributed by atoms with Crippen LogP contribution in [-0.2, 0) is 22.5 Å². The van der Waals surface area contributed by atoms with Gasteiger partial charge in [0, 0.05) is 36.2 Å². The summed E-state index contributed by atoms with van der Waals surface area (Å²) in [7, 11) is -1.26. The Morgan fingerprint density at radius 2 is 2.15 bits per heavy atom. The molecule has 1 aliphatic rings. The molecule has 0 fully saturated rings. The summed E-state index contributed by atoms with van der Waals surface area (Å²) in [5.41, 5.74) is 7.93. The Morgan fingerprint density at radius 1 is 1.30 bits per heavy atom. The average Bonchev–Trinajstić information content (AvgIpc) is 3.03. The van der Waals surface area contributed by atoms with Gasteiger partial charge in [-0.15, -0.1) is 0 Å². The van der Waals surface area contributed by atoms with E-state index >= 15 is 0 Å². The van der Waals surface area contributed by atoms with Crippen LogP contribution in [0.3, 0.4) is 0 Å². The number of rotatable bonds is 5. The number of nitrogens with zero attached hydrogens (tertiary/aromatic N) is 1. The maximum Gasteiger partial charge on any atom is 0.494 e. The largest absolute Gasteiger partial charge is 0.494 e. The Hall–Kier alpha value is -2.61. The van der Waals surface area contributed by atoms with Gasteiger partial charge in [0.25, 0.3) is 0 Å². The zero-order valence-electron chi connectivity index (χ0n) is 14.6. The SMILES string of the molecule is NCC(C(=O)Cc1ccc2cnccc2c1)c1cc(F)c2c(c1)COB2O. The Kier molecular flexibility index (Phi) is 4.74. The van der Waals surface area contributed by atoms with Crippen LogP contribution in [0.1, 0.15) is 22.6 Å². The van der Waals surface area contributed by atoms with Gasteiger partial charge >= 0.3 is 7.12 Å². The number of Topliss-reactive ketones (excluding diaryl/α,β-unsaturated/α-hetero) is 1. The number of hydrogen-bond donors (Lipinski definition) is 2. The lowest BCUT2D eigenvalue weighted by molar-refractivity contribution is -0.119. The number of hydrogen-bond acceptors (Lipinski definition) is 5. The zero-order valence-corrected chi connectivity index (χ0v) is 14.6. The predicted octanol–water partition coefficient (Wildman–Crippen LogP) is 1.45. The molecule has 7 heteroatoms. The summed E-state index contributed by atoms with van der Waals surface area (Å²) in [6, 6.07) is 10.6. The van der Waals surface area contributed by atoms with Crippen molar-refractivity contribution in [2.24, 2.45) is 5.73 Å². The first kappa shape index (κ1) is 17.8. The second-order valence-electron chi connectivity index (χ2n) is 6.73. The van der Waals surface area contributed by atoms with Crippen molar-refractivity contribution >= 4 is 29.1 Å². The minimum atomic E-state index is -1.26. The number of fused-ring (bicyclic) bond motifs is 2. The van der Waals surface area contributed by atoms with Crippen molar-refractivity contribution in [2.45, 2.75) is 18.9 Å². The molecule has 4 rings (SSSR count). The molecule has 0 amide bonds. The Bertz CT molecular complexity index is 1030. The van der Waals surface area contributed by atoms with Crippen LogP contribution >= 0.6 is 0 Å². The fourth-order valence-corrected chi connectivity index (χ4v) is 3.57. The molecular weight excluding hydrogens is 346 g/mol. The highest BCUT2D eigenvalue weighted by molar-refractivity contribution is 6.61. The van der Waals surface area contributed by atoms with Crippen LogP contribution in [0.15, 0.2) is 48.8 Å². The molecule has 2 heterocycles. The first-order valence-corrected chi connectivity index (χ1v) is 8.74. The number of halogens is 1. The summed E-state index contributed by atoms with van der Waals surface area (Å²) in [5, 5.41) is 11.7. The quantitative estimate of drug-likeness (QED) is 0.670. The summed E-state index contributed by atoms with van der Waals surface area (Å²) in [5.74, 6) is -1.27. The first-order valence-electron chi connectivity index (χ1n) is 8.74. The number of carbonyl (C=O) groups is 1. The third-order valence-corrected chi connectivity index (χ3v) is 4.99. The van der Waals surface area contributed by atoms with Crippen LogP contribution in [0.25, 0.3) is 10.8 Å². The van der Waals surface area contributed by atoms with E-state index in [9.17, 15) is 14.2 Å². The van der Waals surface area contributed by atoms with E-state index < -0.39 is 18.9 Å². The molecule has 2 aromatic carbocycles. The molecule has 5 nitrogen and oxygen atoms in total. The van der Waals surface area contributed by atoms with Crippen LogP contribution in [0.5, 0.6) is 0 Å². The van der Waals surface area contributed by atoms with Gasteiger partial charge < -0.3 is 15.4 Å². The average molecular weight is 364 g/mol. The monoisotopic (exact) mass is 364 g/mol. The fourth-order valence-electron chi connectivity index (χ4n) is 3.57. The molecule has 0 radical (unpaired) electrons. The van der Waals surface area contributed by atoms with Crippen molar-refractivity contribution in [3.05, 3.63) is 71.3 Å². The summed E-state index contributed by atoms with van der Waals surface area (Å²) >= 11 is 0. The zero-order chi connectivity index (χ0) is 19.0. The smallest absolute Gasteiger partial charge is 0.423 e. The highest BCUT2D eigenvalue weighted by atomic mass is 19.1.